The molecule has 2 heterocycles. The molecule has 0 atom stereocenters. The number of nitrogens with one attached hydrogen (secondary N) is 1. The van der Waals surface area contributed by atoms with E-state index in [1.807, 2.05) is 29.6 Å². The Morgan fingerprint density at radius 2 is 1.97 bits per heavy atom. The minimum atomic E-state index is -0.160. The van der Waals surface area contributed by atoms with Crippen molar-refractivity contribution in [3.8, 4) is 11.3 Å². The summed E-state index contributed by atoms with van der Waals surface area (Å²) in [4.78, 5) is 21.1. The molecule has 2 aromatic heterocycles. The molecule has 0 radical (unpaired) electrons. The van der Waals surface area contributed by atoms with Gasteiger partial charge in [-0.2, -0.15) is 5.10 Å². The average Bonchev–Trinajstić information content (AvgIpc) is 3.50. The van der Waals surface area contributed by atoms with Crippen molar-refractivity contribution in [3.63, 3.8) is 0 Å². The van der Waals surface area contributed by atoms with Crippen LogP contribution in [0.25, 0.3) is 11.3 Å². The van der Waals surface area contributed by atoms with Crippen molar-refractivity contribution >= 4 is 22.4 Å². The average molecular weight is 401 g/mol. The van der Waals surface area contributed by atoms with Crippen molar-refractivity contribution in [1.29, 1.82) is 0 Å². The molecule has 6 nitrogen and oxygen atoms in total. The van der Waals surface area contributed by atoms with Gasteiger partial charge in [-0.25, -0.2) is 14.6 Å². The highest BCUT2D eigenvalue weighted by Gasteiger charge is 2.14. The molecule has 1 amide bonds. The molecule has 29 heavy (non-hydrogen) atoms. The molecule has 7 heteroatoms. The second-order valence-electron chi connectivity index (χ2n) is 7.12. The maximum atomic E-state index is 12.6. The molecule has 0 unspecified atom stereocenters. The Kier molecular flexibility index (Phi) is 4.65. The van der Waals surface area contributed by atoms with Crippen LogP contribution in [0.3, 0.4) is 0 Å². The summed E-state index contributed by atoms with van der Waals surface area (Å²) >= 11 is 1.44. The number of benzene rings is 2. The highest BCUT2D eigenvalue weighted by Crippen LogP contribution is 2.30. The van der Waals surface area contributed by atoms with E-state index in [1.54, 1.807) is 11.0 Å². The topological polar surface area (TPSA) is 72.7 Å². The molecule has 2 aromatic carbocycles. The lowest BCUT2D eigenvalue weighted by atomic mass is 10.1. The molecule has 0 saturated heterocycles. The fourth-order valence-corrected chi connectivity index (χ4v) is 4.34. The third-order valence-corrected chi connectivity index (χ3v) is 5.90. The molecule has 1 aliphatic carbocycles. The number of aromatic nitrogens is 4. The van der Waals surface area contributed by atoms with Gasteiger partial charge in [0, 0.05) is 16.5 Å². The molecular weight excluding hydrogens is 382 g/mol. The van der Waals surface area contributed by atoms with Gasteiger partial charge in [-0.15, -0.1) is 11.3 Å². The van der Waals surface area contributed by atoms with Gasteiger partial charge in [-0.1, -0.05) is 24.3 Å². The summed E-state index contributed by atoms with van der Waals surface area (Å²) in [5.74, 6) is -0.160. The Labute approximate surface area is 172 Å². The van der Waals surface area contributed by atoms with Crippen LogP contribution in [0.1, 0.15) is 33.5 Å². The number of hydrogen-bond acceptors (Lipinski definition) is 5. The number of aryl methyl sites for hydroxylation is 2. The first-order valence-electron chi connectivity index (χ1n) is 9.55. The minimum absolute atomic E-state index is 0.160. The summed E-state index contributed by atoms with van der Waals surface area (Å²) in [5, 5.41) is 9.60. The van der Waals surface area contributed by atoms with Crippen LogP contribution in [0.4, 0.5) is 5.13 Å². The summed E-state index contributed by atoms with van der Waals surface area (Å²) < 4.78 is 1.74. The number of anilines is 1. The van der Waals surface area contributed by atoms with Crippen LogP contribution in [0.5, 0.6) is 0 Å². The van der Waals surface area contributed by atoms with Gasteiger partial charge < -0.3 is 0 Å². The van der Waals surface area contributed by atoms with Crippen molar-refractivity contribution in [2.75, 3.05) is 5.32 Å². The second-order valence-corrected chi connectivity index (χ2v) is 7.98. The number of nitrogens with zero attached hydrogens (tertiary/aromatic N) is 4. The van der Waals surface area contributed by atoms with Crippen LogP contribution in [0.15, 0.2) is 60.5 Å². The number of amides is 1. The Morgan fingerprint density at radius 3 is 2.79 bits per heavy atom. The fourth-order valence-electron chi connectivity index (χ4n) is 3.63. The molecule has 0 aliphatic heterocycles. The monoisotopic (exact) mass is 401 g/mol. The zero-order chi connectivity index (χ0) is 19.6. The van der Waals surface area contributed by atoms with Gasteiger partial charge in [0.05, 0.1) is 12.2 Å². The van der Waals surface area contributed by atoms with E-state index in [9.17, 15) is 4.79 Å². The third-order valence-electron chi connectivity index (χ3n) is 5.15. The quantitative estimate of drug-likeness (QED) is 0.544. The number of hydrogen-bond donors (Lipinski definition) is 1. The van der Waals surface area contributed by atoms with Crippen molar-refractivity contribution in [1.82, 2.24) is 19.7 Å². The first kappa shape index (κ1) is 17.8. The van der Waals surface area contributed by atoms with Gasteiger partial charge in [0.2, 0.25) is 0 Å². The van der Waals surface area contributed by atoms with Gasteiger partial charge in [0.25, 0.3) is 5.91 Å². The Balaban J connectivity index is 1.26. The molecule has 0 fully saturated rings. The molecule has 0 spiro atoms. The first-order valence-corrected chi connectivity index (χ1v) is 10.4. The minimum Gasteiger partial charge on any atom is -0.298 e. The van der Waals surface area contributed by atoms with Crippen molar-refractivity contribution in [2.45, 2.75) is 25.8 Å². The lowest BCUT2D eigenvalue weighted by Gasteiger charge is -2.05. The van der Waals surface area contributed by atoms with E-state index in [2.05, 4.69) is 38.6 Å². The van der Waals surface area contributed by atoms with E-state index in [4.69, 9.17) is 0 Å². The van der Waals surface area contributed by atoms with E-state index >= 15 is 0 Å². The van der Waals surface area contributed by atoms with Gasteiger partial charge in [-0.05, 0) is 54.2 Å². The standard InChI is InChI=1S/C22H19N5OS/c28-21(17-6-4-15(5-7-17)11-27-14-23-13-24-27)26-22-25-20(12-29-22)19-9-8-16-2-1-3-18(16)10-19/h4-10,12-14H,1-3,11H2,(H,25,26,28). The summed E-state index contributed by atoms with van der Waals surface area (Å²) in [6.07, 6.45) is 6.72. The number of carbonyl (C=O) groups is 1. The predicted molar refractivity (Wildman–Crippen MR) is 113 cm³/mol. The Hall–Kier alpha value is -3.32. The van der Waals surface area contributed by atoms with Crippen LogP contribution in [0.2, 0.25) is 0 Å². The van der Waals surface area contributed by atoms with Gasteiger partial charge in [0.15, 0.2) is 5.13 Å². The molecule has 4 aromatic rings. The number of fused-ring (bicyclic) bond motifs is 1. The van der Waals surface area contributed by atoms with E-state index in [-0.39, 0.29) is 5.91 Å². The summed E-state index contributed by atoms with van der Waals surface area (Å²) in [5.41, 5.74) is 6.54. The Morgan fingerprint density at radius 1 is 1.10 bits per heavy atom. The summed E-state index contributed by atoms with van der Waals surface area (Å²) in [6.45, 7) is 0.624. The van der Waals surface area contributed by atoms with E-state index in [0.717, 1.165) is 23.2 Å². The van der Waals surface area contributed by atoms with Crippen molar-refractivity contribution in [2.24, 2.45) is 0 Å². The van der Waals surface area contributed by atoms with E-state index < -0.39 is 0 Å². The molecule has 1 N–H and O–H groups in total. The fraction of sp³-hybridized carbons (Fsp3) is 0.182. The highest BCUT2D eigenvalue weighted by molar-refractivity contribution is 7.14. The van der Waals surface area contributed by atoms with Gasteiger partial charge in [0.1, 0.15) is 12.7 Å². The maximum Gasteiger partial charge on any atom is 0.257 e. The van der Waals surface area contributed by atoms with Crippen LogP contribution < -0.4 is 5.32 Å². The molecule has 1 aliphatic rings. The van der Waals surface area contributed by atoms with E-state index in [1.165, 1.54) is 41.6 Å². The molecule has 5 rings (SSSR count). The van der Waals surface area contributed by atoms with Crippen LogP contribution in [-0.4, -0.2) is 25.7 Å². The number of thiazole rings is 1. The lowest BCUT2D eigenvalue weighted by Crippen LogP contribution is -2.11. The largest absolute Gasteiger partial charge is 0.298 e. The van der Waals surface area contributed by atoms with E-state index in [0.29, 0.717) is 17.2 Å². The smallest absolute Gasteiger partial charge is 0.257 e. The molecule has 0 bridgehead atoms. The second kappa shape index (κ2) is 7.60. The predicted octanol–water partition coefficient (Wildman–Crippen LogP) is 4.19. The first-order chi connectivity index (χ1) is 14.2. The van der Waals surface area contributed by atoms with Crippen molar-refractivity contribution in [3.05, 3.63) is 82.8 Å². The number of rotatable bonds is 5. The normalized spacial score (nSPS) is 12.7. The zero-order valence-corrected chi connectivity index (χ0v) is 16.5. The third kappa shape index (κ3) is 3.82. The molecule has 144 valence electrons. The molecular formula is C22H19N5OS. The summed E-state index contributed by atoms with van der Waals surface area (Å²) in [6, 6.07) is 14.0. The lowest BCUT2D eigenvalue weighted by molar-refractivity contribution is 0.102. The summed E-state index contributed by atoms with van der Waals surface area (Å²) in [7, 11) is 0. The maximum absolute atomic E-state index is 12.6. The van der Waals surface area contributed by atoms with Crippen LogP contribution >= 0.6 is 11.3 Å². The van der Waals surface area contributed by atoms with Crippen LogP contribution in [0, 0.1) is 0 Å². The highest BCUT2D eigenvalue weighted by atomic mass is 32.1. The van der Waals surface area contributed by atoms with Crippen LogP contribution in [-0.2, 0) is 19.4 Å². The molecule has 0 saturated carbocycles. The number of carbonyl (C=O) groups excluding carboxylic acids is 1. The van der Waals surface area contributed by atoms with Gasteiger partial charge >= 0.3 is 0 Å². The van der Waals surface area contributed by atoms with Gasteiger partial charge in [-0.3, -0.25) is 10.1 Å². The zero-order valence-electron chi connectivity index (χ0n) is 15.7. The Bertz CT molecular complexity index is 1150. The SMILES string of the molecule is O=C(Nc1nc(-c2ccc3c(c2)CCC3)cs1)c1ccc(Cn2cncn2)cc1. The van der Waals surface area contributed by atoms with Crippen molar-refractivity contribution < 1.29 is 4.79 Å².